The molecule has 0 unspecified atom stereocenters. The second-order valence-electron chi connectivity index (χ2n) is 11.0. The third kappa shape index (κ3) is 4.83. The van der Waals surface area contributed by atoms with Crippen LogP contribution in [0.2, 0.25) is 0 Å². The van der Waals surface area contributed by atoms with Crippen molar-refractivity contribution in [2.75, 3.05) is 32.8 Å². The maximum atomic E-state index is 13.8. The molecule has 196 valence electrons. The van der Waals surface area contributed by atoms with E-state index in [1.54, 1.807) is 0 Å². The molecule has 2 N–H and O–H groups in total. The second-order valence-corrected chi connectivity index (χ2v) is 11.0. The van der Waals surface area contributed by atoms with E-state index in [0.717, 1.165) is 51.7 Å². The van der Waals surface area contributed by atoms with Crippen molar-refractivity contribution in [3.63, 3.8) is 0 Å². The van der Waals surface area contributed by atoms with E-state index in [9.17, 15) is 19.5 Å². The number of benzene rings is 1. The topological polar surface area (TPSA) is 99.2 Å². The van der Waals surface area contributed by atoms with Crippen molar-refractivity contribution in [1.82, 2.24) is 15.1 Å². The molecule has 0 radical (unpaired) electrons. The number of carbonyl (C=O) groups is 3. The second kappa shape index (κ2) is 10.6. The zero-order valence-corrected chi connectivity index (χ0v) is 21.3. The number of hydrogen-bond donors (Lipinski definition) is 2. The summed E-state index contributed by atoms with van der Waals surface area (Å²) in [6, 6.07) is 7.09. The molecular formula is C28H39N3O5. The molecule has 2 amide bonds. The number of carbonyl (C=O) groups excluding carboxylic acids is 3. The summed E-state index contributed by atoms with van der Waals surface area (Å²) in [5, 5.41) is 13.5. The Morgan fingerprint density at radius 2 is 1.81 bits per heavy atom. The minimum Gasteiger partial charge on any atom is -0.388 e. The molecule has 1 aromatic rings. The lowest BCUT2D eigenvalue weighted by Crippen LogP contribution is -2.62. The van der Waals surface area contributed by atoms with Crippen LogP contribution in [0, 0.1) is 0 Å². The van der Waals surface area contributed by atoms with Crippen LogP contribution in [0.15, 0.2) is 24.3 Å². The van der Waals surface area contributed by atoms with Gasteiger partial charge in [-0.05, 0) is 75.4 Å². The number of rotatable bonds is 6. The molecule has 36 heavy (non-hydrogen) atoms. The van der Waals surface area contributed by atoms with Crippen LogP contribution in [0.4, 0.5) is 0 Å². The molecule has 0 spiro atoms. The standard InChI is InChI=1S/C28H39N3O5/c1-2-14-30-15-10-20(11-16-30)19-6-8-21(9-7-19)26(34)29-28(12-4-3-5-13-28)27(35)31-17-22(32)25-24(31)23(33)18-36-25/h6-9,20,22,24-25,32H,2-5,10-18H2,1H3,(H,29,34)/t22-,24-,25-/m1/s1. The van der Waals surface area contributed by atoms with Gasteiger partial charge in [0.2, 0.25) is 5.91 Å². The third-order valence-electron chi connectivity index (χ3n) is 8.66. The Bertz CT molecular complexity index is 966. The molecule has 4 fully saturated rings. The number of likely N-dealkylation sites (tertiary alicyclic amines) is 2. The molecular weight excluding hydrogens is 458 g/mol. The fourth-order valence-electron chi connectivity index (χ4n) is 6.66. The predicted octanol–water partition coefficient (Wildman–Crippen LogP) is 2.25. The molecule has 3 atom stereocenters. The number of β-amino-alcohol motifs (C(OH)–C–C–N with tert-alkyl or cyclic N) is 1. The van der Waals surface area contributed by atoms with Crippen LogP contribution >= 0.6 is 0 Å². The third-order valence-corrected chi connectivity index (χ3v) is 8.66. The summed E-state index contributed by atoms with van der Waals surface area (Å²) in [5.74, 6) is -0.197. The fourth-order valence-corrected chi connectivity index (χ4v) is 6.66. The lowest BCUT2D eigenvalue weighted by atomic mass is 9.80. The quantitative estimate of drug-likeness (QED) is 0.626. The van der Waals surface area contributed by atoms with Gasteiger partial charge >= 0.3 is 0 Å². The molecule has 1 aromatic carbocycles. The highest BCUT2D eigenvalue weighted by Gasteiger charge is 2.55. The number of piperidine rings is 1. The Morgan fingerprint density at radius 1 is 1.11 bits per heavy atom. The SMILES string of the molecule is CCCN1CCC(c2ccc(C(=O)NC3(C(=O)N4C[C@@H](O)[C@H]5OCC(=O)[C@H]54)CCCCC3)cc2)CC1. The molecule has 4 aliphatic rings. The molecule has 5 rings (SSSR count). The molecule has 3 heterocycles. The van der Waals surface area contributed by atoms with Crippen molar-refractivity contribution in [3.05, 3.63) is 35.4 Å². The van der Waals surface area contributed by atoms with Crippen molar-refractivity contribution in [1.29, 1.82) is 0 Å². The van der Waals surface area contributed by atoms with Gasteiger partial charge in [0.1, 0.15) is 30.4 Å². The highest BCUT2D eigenvalue weighted by atomic mass is 16.5. The fraction of sp³-hybridized carbons (Fsp3) is 0.679. The van der Waals surface area contributed by atoms with Crippen molar-refractivity contribution >= 4 is 17.6 Å². The summed E-state index contributed by atoms with van der Waals surface area (Å²) in [6.45, 7) is 5.58. The summed E-state index contributed by atoms with van der Waals surface area (Å²) in [5.41, 5.74) is 0.750. The lowest BCUT2D eigenvalue weighted by molar-refractivity contribution is -0.143. The lowest BCUT2D eigenvalue weighted by Gasteiger charge is -2.40. The minimum atomic E-state index is -1.06. The van der Waals surface area contributed by atoms with Crippen molar-refractivity contribution in [3.8, 4) is 0 Å². The van der Waals surface area contributed by atoms with Crippen molar-refractivity contribution < 1.29 is 24.2 Å². The Balaban J connectivity index is 1.28. The molecule has 8 heteroatoms. The molecule has 3 saturated heterocycles. The zero-order chi connectivity index (χ0) is 25.3. The van der Waals surface area contributed by atoms with E-state index in [1.165, 1.54) is 16.9 Å². The Morgan fingerprint density at radius 3 is 2.47 bits per heavy atom. The van der Waals surface area contributed by atoms with E-state index in [2.05, 4.69) is 29.3 Å². The maximum Gasteiger partial charge on any atom is 0.252 e. The van der Waals surface area contributed by atoms with Crippen LogP contribution in [-0.2, 0) is 14.3 Å². The highest BCUT2D eigenvalue weighted by Crippen LogP contribution is 2.36. The number of Topliss-reactive ketones (excluding diaryl/α,β-unsaturated/α-hetero) is 1. The first-order valence-corrected chi connectivity index (χ1v) is 13.7. The summed E-state index contributed by atoms with van der Waals surface area (Å²) in [7, 11) is 0. The van der Waals surface area contributed by atoms with Crippen molar-refractivity contribution in [2.45, 2.75) is 88.0 Å². The van der Waals surface area contributed by atoms with Crippen LogP contribution in [0.25, 0.3) is 0 Å². The number of nitrogens with one attached hydrogen (secondary N) is 1. The average molecular weight is 498 g/mol. The van der Waals surface area contributed by atoms with Gasteiger partial charge in [-0.15, -0.1) is 0 Å². The van der Waals surface area contributed by atoms with E-state index >= 15 is 0 Å². The number of nitrogens with zero attached hydrogens (tertiary/aromatic N) is 2. The van der Waals surface area contributed by atoms with E-state index in [-0.39, 0.29) is 30.7 Å². The smallest absolute Gasteiger partial charge is 0.252 e. The predicted molar refractivity (Wildman–Crippen MR) is 135 cm³/mol. The number of amides is 2. The number of ether oxygens (including phenoxy) is 1. The van der Waals surface area contributed by atoms with Crippen LogP contribution in [-0.4, -0.2) is 89.1 Å². The van der Waals surface area contributed by atoms with Crippen LogP contribution in [0.5, 0.6) is 0 Å². The molecule has 0 aromatic heterocycles. The monoisotopic (exact) mass is 497 g/mol. The zero-order valence-electron chi connectivity index (χ0n) is 21.3. The van der Waals surface area contributed by atoms with Gasteiger partial charge in [0.05, 0.1) is 6.54 Å². The number of aliphatic hydroxyl groups is 1. The number of ketones is 1. The summed E-state index contributed by atoms with van der Waals surface area (Å²) in [4.78, 5) is 43.6. The van der Waals surface area contributed by atoms with Crippen LogP contribution in [0.1, 0.15) is 80.1 Å². The van der Waals surface area contributed by atoms with Gasteiger partial charge < -0.3 is 25.0 Å². The molecule has 1 saturated carbocycles. The average Bonchev–Trinajstić information content (AvgIpc) is 3.45. The van der Waals surface area contributed by atoms with E-state index < -0.39 is 23.8 Å². The Labute approximate surface area is 213 Å². The Kier molecular flexibility index (Phi) is 7.47. The van der Waals surface area contributed by atoms with Crippen LogP contribution in [0.3, 0.4) is 0 Å². The van der Waals surface area contributed by atoms with E-state index in [1.807, 2.05) is 12.1 Å². The normalized spacial score (nSPS) is 28.8. The maximum absolute atomic E-state index is 13.8. The van der Waals surface area contributed by atoms with Gasteiger partial charge in [0.25, 0.3) is 5.91 Å². The van der Waals surface area contributed by atoms with E-state index in [4.69, 9.17) is 4.74 Å². The van der Waals surface area contributed by atoms with Gasteiger partial charge in [0, 0.05) is 5.56 Å². The molecule has 8 nitrogen and oxygen atoms in total. The molecule has 3 aliphatic heterocycles. The van der Waals surface area contributed by atoms with Crippen LogP contribution < -0.4 is 5.32 Å². The largest absolute Gasteiger partial charge is 0.388 e. The van der Waals surface area contributed by atoms with Gasteiger partial charge in [0.15, 0.2) is 5.78 Å². The number of fused-ring (bicyclic) bond motifs is 1. The number of hydrogen-bond acceptors (Lipinski definition) is 6. The van der Waals surface area contributed by atoms with Gasteiger partial charge in [-0.25, -0.2) is 0 Å². The summed E-state index contributed by atoms with van der Waals surface area (Å²) < 4.78 is 5.45. The first kappa shape index (κ1) is 25.4. The highest BCUT2D eigenvalue weighted by molar-refractivity contribution is 6.01. The molecule has 0 bridgehead atoms. The summed E-state index contributed by atoms with van der Waals surface area (Å²) >= 11 is 0. The first-order chi connectivity index (χ1) is 17.4. The van der Waals surface area contributed by atoms with Gasteiger partial charge in [-0.3, -0.25) is 14.4 Å². The van der Waals surface area contributed by atoms with Gasteiger partial charge in [-0.1, -0.05) is 38.3 Å². The first-order valence-electron chi connectivity index (χ1n) is 13.7. The van der Waals surface area contributed by atoms with Gasteiger partial charge in [-0.2, -0.15) is 0 Å². The number of aliphatic hydroxyl groups excluding tert-OH is 1. The van der Waals surface area contributed by atoms with Crippen molar-refractivity contribution in [2.24, 2.45) is 0 Å². The minimum absolute atomic E-state index is 0.0588. The Hall–Kier alpha value is -2.29. The summed E-state index contributed by atoms with van der Waals surface area (Å²) in [6.07, 6.45) is 5.63. The van der Waals surface area contributed by atoms with E-state index in [0.29, 0.717) is 24.3 Å². The molecule has 1 aliphatic carbocycles.